The molecule has 0 heterocycles. The molecule has 6 N–H and O–H groups in total. The quantitative estimate of drug-likeness (QED) is 0.342. The Morgan fingerprint density at radius 3 is 2.00 bits per heavy atom. The van der Waals surface area contributed by atoms with Crippen molar-refractivity contribution >= 4 is 23.8 Å². The highest BCUT2D eigenvalue weighted by Crippen LogP contribution is 1.99. The molecule has 0 saturated heterocycles. The average molecular weight is 262 g/mol. The van der Waals surface area contributed by atoms with Gasteiger partial charge in [-0.1, -0.05) is 0 Å². The number of amides is 1. The predicted octanol–water partition coefficient (Wildman–Crippen LogP) is -1.78. The zero-order chi connectivity index (χ0) is 14.3. The molecule has 18 heavy (non-hydrogen) atoms. The SMILES string of the molecule is N[C@@H](CC(=O)O)C(=O)N[C@H](CCC(=O)O)C(=O)O. The number of nitrogens with one attached hydrogen (secondary N) is 1. The second-order valence-corrected chi connectivity index (χ2v) is 3.54. The summed E-state index contributed by atoms with van der Waals surface area (Å²) in [6, 6.07) is -2.79. The molecule has 9 heteroatoms. The Bertz CT molecular complexity index is 355. The van der Waals surface area contributed by atoms with Crippen molar-refractivity contribution in [3.05, 3.63) is 0 Å². The Kier molecular flexibility index (Phi) is 6.35. The zero-order valence-corrected chi connectivity index (χ0v) is 9.33. The first-order chi connectivity index (χ1) is 8.23. The summed E-state index contributed by atoms with van der Waals surface area (Å²) in [7, 11) is 0. The Morgan fingerprint density at radius 1 is 1.06 bits per heavy atom. The fourth-order valence-corrected chi connectivity index (χ4v) is 1.08. The first-order valence-electron chi connectivity index (χ1n) is 4.96. The van der Waals surface area contributed by atoms with Gasteiger partial charge in [-0.15, -0.1) is 0 Å². The smallest absolute Gasteiger partial charge is 0.326 e. The second kappa shape index (κ2) is 7.22. The monoisotopic (exact) mass is 262 g/mol. The molecule has 0 aromatic heterocycles. The van der Waals surface area contributed by atoms with E-state index in [0.717, 1.165) is 0 Å². The van der Waals surface area contributed by atoms with E-state index in [-0.39, 0.29) is 6.42 Å². The molecule has 0 aliphatic heterocycles. The van der Waals surface area contributed by atoms with Crippen LogP contribution in [0.15, 0.2) is 0 Å². The molecule has 9 nitrogen and oxygen atoms in total. The van der Waals surface area contributed by atoms with Crippen LogP contribution >= 0.6 is 0 Å². The average Bonchev–Trinajstić information content (AvgIpc) is 2.21. The predicted molar refractivity (Wildman–Crippen MR) is 56.7 cm³/mol. The van der Waals surface area contributed by atoms with Crippen LogP contribution in [0.4, 0.5) is 0 Å². The van der Waals surface area contributed by atoms with E-state index in [4.69, 9.17) is 21.1 Å². The van der Waals surface area contributed by atoms with Crippen LogP contribution in [0.1, 0.15) is 19.3 Å². The molecule has 0 bridgehead atoms. The van der Waals surface area contributed by atoms with E-state index in [0.29, 0.717) is 0 Å². The molecule has 2 atom stereocenters. The Hall–Kier alpha value is -2.16. The van der Waals surface area contributed by atoms with Gasteiger partial charge in [0, 0.05) is 6.42 Å². The molecule has 0 unspecified atom stereocenters. The third-order valence-corrected chi connectivity index (χ3v) is 1.99. The first-order valence-corrected chi connectivity index (χ1v) is 4.96. The topological polar surface area (TPSA) is 167 Å². The number of hydrogen-bond acceptors (Lipinski definition) is 5. The molecular formula is C9H14N2O7. The summed E-state index contributed by atoms with van der Waals surface area (Å²) < 4.78 is 0. The largest absolute Gasteiger partial charge is 0.481 e. The maximum absolute atomic E-state index is 11.3. The number of rotatable bonds is 8. The van der Waals surface area contributed by atoms with Gasteiger partial charge in [0.15, 0.2) is 0 Å². The van der Waals surface area contributed by atoms with Gasteiger partial charge in [-0.05, 0) is 6.42 Å². The van der Waals surface area contributed by atoms with Crippen molar-refractivity contribution < 1.29 is 34.5 Å². The lowest BCUT2D eigenvalue weighted by atomic mass is 10.1. The lowest BCUT2D eigenvalue weighted by molar-refractivity contribution is -0.143. The van der Waals surface area contributed by atoms with Crippen molar-refractivity contribution in [3.63, 3.8) is 0 Å². The van der Waals surface area contributed by atoms with Gasteiger partial charge in [0.05, 0.1) is 12.5 Å². The van der Waals surface area contributed by atoms with Gasteiger partial charge >= 0.3 is 17.9 Å². The van der Waals surface area contributed by atoms with Crippen LogP contribution in [0.25, 0.3) is 0 Å². The van der Waals surface area contributed by atoms with Crippen molar-refractivity contribution in [2.75, 3.05) is 0 Å². The van der Waals surface area contributed by atoms with Crippen LogP contribution in [0.5, 0.6) is 0 Å². The zero-order valence-electron chi connectivity index (χ0n) is 9.33. The van der Waals surface area contributed by atoms with E-state index in [1.807, 2.05) is 5.32 Å². The molecule has 0 aliphatic carbocycles. The van der Waals surface area contributed by atoms with Crippen molar-refractivity contribution in [1.29, 1.82) is 0 Å². The molecule has 0 saturated carbocycles. The van der Waals surface area contributed by atoms with E-state index in [2.05, 4.69) is 0 Å². The van der Waals surface area contributed by atoms with Gasteiger partial charge in [0.1, 0.15) is 6.04 Å². The molecule has 1 amide bonds. The van der Waals surface area contributed by atoms with Crippen molar-refractivity contribution in [2.45, 2.75) is 31.3 Å². The fourth-order valence-electron chi connectivity index (χ4n) is 1.08. The number of carbonyl (C=O) groups excluding carboxylic acids is 1. The molecule has 0 fully saturated rings. The van der Waals surface area contributed by atoms with Gasteiger partial charge < -0.3 is 26.4 Å². The Morgan fingerprint density at radius 2 is 1.61 bits per heavy atom. The molecule has 0 aromatic rings. The molecule has 102 valence electrons. The highest BCUT2D eigenvalue weighted by Gasteiger charge is 2.24. The van der Waals surface area contributed by atoms with Crippen LogP contribution in [0, 0.1) is 0 Å². The number of aliphatic carboxylic acids is 3. The van der Waals surface area contributed by atoms with Gasteiger partial charge in [-0.25, -0.2) is 4.79 Å². The third-order valence-electron chi connectivity index (χ3n) is 1.99. The summed E-state index contributed by atoms with van der Waals surface area (Å²) in [4.78, 5) is 42.6. The number of hydrogen-bond donors (Lipinski definition) is 5. The van der Waals surface area contributed by atoms with E-state index < -0.39 is 48.7 Å². The van der Waals surface area contributed by atoms with Crippen molar-refractivity contribution in [2.24, 2.45) is 5.73 Å². The molecule has 0 rings (SSSR count). The van der Waals surface area contributed by atoms with Crippen LogP contribution in [-0.4, -0.2) is 51.2 Å². The van der Waals surface area contributed by atoms with Gasteiger partial charge in [-0.3, -0.25) is 14.4 Å². The third kappa shape index (κ3) is 6.43. The molecule has 0 aliphatic rings. The standard InChI is InChI=1S/C9H14N2O7/c10-4(3-7(14)15)8(16)11-5(9(17)18)1-2-6(12)13/h4-5H,1-3,10H2,(H,11,16)(H,12,13)(H,14,15)(H,17,18)/t4-,5+/m0/s1. The summed E-state index contributed by atoms with van der Waals surface area (Å²) >= 11 is 0. The summed E-state index contributed by atoms with van der Waals surface area (Å²) in [6.45, 7) is 0. The van der Waals surface area contributed by atoms with Gasteiger partial charge in [0.2, 0.25) is 5.91 Å². The van der Waals surface area contributed by atoms with Gasteiger partial charge in [-0.2, -0.15) is 0 Å². The highest BCUT2D eigenvalue weighted by molar-refractivity contribution is 5.89. The van der Waals surface area contributed by atoms with Crippen molar-refractivity contribution in [3.8, 4) is 0 Å². The number of carboxylic acid groups (broad SMARTS) is 3. The molecule has 0 spiro atoms. The first kappa shape index (κ1) is 15.8. The molecular weight excluding hydrogens is 248 g/mol. The number of carboxylic acids is 3. The number of nitrogens with two attached hydrogens (primary N) is 1. The highest BCUT2D eigenvalue weighted by atomic mass is 16.4. The van der Waals surface area contributed by atoms with Crippen molar-refractivity contribution in [1.82, 2.24) is 5.32 Å². The summed E-state index contributed by atoms with van der Waals surface area (Å²) in [6.07, 6.45) is -1.39. The summed E-state index contributed by atoms with van der Waals surface area (Å²) in [5.74, 6) is -4.86. The lowest BCUT2D eigenvalue weighted by Gasteiger charge is -2.16. The van der Waals surface area contributed by atoms with Crippen LogP contribution in [0.2, 0.25) is 0 Å². The van der Waals surface area contributed by atoms with E-state index in [1.165, 1.54) is 0 Å². The number of carbonyl (C=O) groups is 4. The Labute approximate surface area is 102 Å². The van der Waals surface area contributed by atoms with E-state index in [1.54, 1.807) is 0 Å². The normalized spacial score (nSPS) is 13.4. The van der Waals surface area contributed by atoms with Crippen LogP contribution in [0.3, 0.4) is 0 Å². The van der Waals surface area contributed by atoms with Crippen LogP contribution in [-0.2, 0) is 19.2 Å². The minimum absolute atomic E-state index is 0.309. The molecule has 0 aromatic carbocycles. The minimum atomic E-state index is -1.41. The Balaban J connectivity index is 4.40. The van der Waals surface area contributed by atoms with E-state index in [9.17, 15) is 19.2 Å². The maximum atomic E-state index is 11.3. The lowest BCUT2D eigenvalue weighted by Crippen LogP contribution is -2.49. The minimum Gasteiger partial charge on any atom is -0.481 e. The molecule has 0 radical (unpaired) electrons. The van der Waals surface area contributed by atoms with Gasteiger partial charge in [0.25, 0.3) is 0 Å². The maximum Gasteiger partial charge on any atom is 0.326 e. The second-order valence-electron chi connectivity index (χ2n) is 3.54. The van der Waals surface area contributed by atoms with E-state index >= 15 is 0 Å². The summed E-state index contributed by atoms with van der Waals surface area (Å²) in [5, 5.41) is 27.5. The fraction of sp³-hybridized carbons (Fsp3) is 0.556. The summed E-state index contributed by atoms with van der Waals surface area (Å²) in [5.41, 5.74) is 5.22. The van der Waals surface area contributed by atoms with Crippen LogP contribution < -0.4 is 11.1 Å².